The van der Waals surface area contributed by atoms with E-state index < -0.39 is 23.4 Å². The number of rotatable bonds is 7. The average Bonchev–Trinajstić information content (AvgIpc) is 3.30. The summed E-state index contributed by atoms with van der Waals surface area (Å²) in [6, 6.07) is 18.0. The summed E-state index contributed by atoms with van der Waals surface area (Å²) >= 11 is 11.4. The molecule has 3 rings (SSSR count). The summed E-state index contributed by atoms with van der Waals surface area (Å²) in [5.41, 5.74) is -0.229. The van der Waals surface area contributed by atoms with E-state index in [2.05, 4.69) is 0 Å². The van der Waals surface area contributed by atoms with Crippen LogP contribution in [0, 0.1) is 28.6 Å². The van der Waals surface area contributed by atoms with Crippen molar-refractivity contribution in [3.8, 4) is 17.6 Å². The summed E-state index contributed by atoms with van der Waals surface area (Å²) in [5, 5.41) is 19.2. The molecular formula is C22H19Cl2NO4. The molecule has 0 saturated heterocycles. The van der Waals surface area contributed by atoms with Crippen molar-refractivity contribution >= 4 is 29.2 Å². The number of hydrogen-bond acceptors (Lipinski definition) is 5. The molecule has 1 aliphatic carbocycles. The minimum absolute atomic E-state index is 0.0209. The fraction of sp³-hybridized carbons (Fsp3) is 0.273. The van der Waals surface area contributed by atoms with Crippen LogP contribution in [0.1, 0.15) is 18.6 Å². The van der Waals surface area contributed by atoms with E-state index in [-0.39, 0.29) is 17.0 Å². The smallest absolute Gasteiger partial charge is 0.311 e. The Balaban J connectivity index is 1.74. The molecule has 0 heterocycles. The molecule has 2 aromatic rings. The van der Waals surface area contributed by atoms with Crippen LogP contribution in [0.3, 0.4) is 0 Å². The van der Waals surface area contributed by atoms with Gasteiger partial charge in [-0.1, -0.05) is 60.5 Å². The molecule has 0 radical (unpaired) electrons. The van der Waals surface area contributed by atoms with Crippen molar-refractivity contribution in [2.45, 2.75) is 13.0 Å². The maximum atomic E-state index is 12.7. The number of allylic oxidation sites excluding steroid dienone is 1. The number of aliphatic hydroxyl groups excluding tert-OH is 1. The number of para-hydroxylation sites is 1. The van der Waals surface area contributed by atoms with Gasteiger partial charge >= 0.3 is 5.97 Å². The van der Waals surface area contributed by atoms with Gasteiger partial charge in [-0.15, -0.1) is 0 Å². The summed E-state index contributed by atoms with van der Waals surface area (Å²) in [4.78, 5) is 12.7. The lowest BCUT2D eigenvalue weighted by Gasteiger charge is -2.14. The number of esters is 1. The minimum Gasteiger partial charge on any atom is -0.457 e. The van der Waals surface area contributed by atoms with E-state index in [1.807, 2.05) is 36.4 Å². The van der Waals surface area contributed by atoms with Crippen molar-refractivity contribution in [3.63, 3.8) is 0 Å². The molecule has 0 spiro atoms. The Morgan fingerprint density at radius 1 is 1.24 bits per heavy atom. The number of nitrogens with zero attached hydrogens (tertiary/aromatic N) is 1. The van der Waals surface area contributed by atoms with Crippen LogP contribution in [0.5, 0.6) is 11.5 Å². The largest absolute Gasteiger partial charge is 0.457 e. The summed E-state index contributed by atoms with van der Waals surface area (Å²) in [7, 11) is 0. The Labute approximate surface area is 179 Å². The maximum absolute atomic E-state index is 12.7. The van der Waals surface area contributed by atoms with Gasteiger partial charge < -0.3 is 14.6 Å². The van der Waals surface area contributed by atoms with Gasteiger partial charge in [0.2, 0.25) is 6.10 Å². The summed E-state index contributed by atoms with van der Waals surface area (Å²) in [6.45, 7) is 1.51. The van der Waals surface area contributed by atoms with Crippen molar-refractivity contribution in [2.75, 3.05) is 6.61 Å². The minimum atomic E-state index is -1.11. The molecule has 2 aromatic carbocycles. The van der Waals surface area contributed by atoms with Gasteiger partial charge in [0.25, 0.3) is 0 Å². The van der Waals surface area contributed by atoms with Crippen molar-refractivity contribution in [2.24, 2.45) is 17.3 Å². The van der Waals surface area contributed by atoms with Crippen molar-refractivity contribution in [1.82, 2.24) is 0 Å². The molecule has 5 nitrogen and oxygen atoms in total. The van der Waals surface area contributed by atoms with Gasteiger partial charge in [0.1, 0.15) is 22.1 Å². The van der Waals surface area contributed by atoms with Crippen molar-refractivity contribution in [3.05, 3.63) is 70.7 Å². The SMILES string of the molecule is C[C@]1(CO)C(C=C(Cl)Cl)[C@@H]1C(=O)OC(C#N)c1cccc(Oc2ccccc2)c1. The molecule has 2 unspecified atom stereocenters. The molecule has 1 fully saturated rings. The van der Waals surface area contributed by atoms with E-state index in [9.17, 15) is 15.2 Å². The summed E-state index contributed by atoms with van der Waals surface area (Å²) < 4.78 is 11.2. The van der Waals surface area contributed by atoms with E-state index in [0.717, 1.165) is 0 Å². The van der Waals surface area contributed by atoms with Crippen LogP contribution in [-0.4, -0.2) is 17.7 Å². The summed E-state index contributed by atoms with van der Waals surface area (Å²) in [5.74, 6) is -0.388. The van der Waals surface area contributed by atoms with Crippen molar-refractivity contribution < 1.29 is 19.4 Å². The van der Waals surface area contributed by atoms with Gasteiger partial charge in [0, 0.05) is 23.5 Å². The topological polar surface area (TPSA) is 79.5 Å². The highest BCUT2D eigenvalue weighted by Crippen LogP contribution is 2.60. The lowest BCUT2D eigenvalue weighted by Crippen LogP contribution is -2.17. The number of nitriles is 1. The zero-order valence-electron chi connectivity index (χ0n) is 15.6. The Morgan fingerprint density at radius 3 is 2.55 bits per heavy atom. The predicted molar refractivity (Wildman–Crippen MR) is 109 cm³/mol. The van der Waals surface area contributed by atoms with E-state index in [4.69, 9.17) is 32.7 Å². The predicted octanol–water partition coefficient (Wildman–Crippen LogP) is 5.15. The van der Waals surface area contributed by atoms with E-state index >= 15 is 0 Å². The van der Waals surface area contributed by atoms with Crippen LogP contribution in [0.15, 0.2) is 65.2 Å². The molecule has 0 aliphatic heterocycles. The summed E-state index contributed by atoms with van der Waals surface area (Å²) in [6.07, 6.45) is 0.405. The molecule has 0 bridgehead atoms. The Kier molecular flexibility index (Phi) is 6.49. The number of benzene rings is 2. The molecule has 29 heavy (non-hydrogen) atoms. The first-order valence-corrected chi connectivity index (χ1v) is 9.71. The van der Waals surface area contributed by atoms with Gasteiger partial charge in [-0.25, -0.2) is 0 Å². The quantitative estimate of drug-likeness (QED) is 0.612. The Morgan fingerprint density at radius 2 is 1.93 bits per heavy atom. The lowest BCUT2D eigenvalue weighted by atomic mass is 10.1. The molecule has 7 heteroatoms. The Bertz CT molecular complexity index is 953. The second-order valence-electron chi connectivity index (χ2n) is 7.06. The molecule has 1 N–H and O–H groups in total. The molecule has 0 aromatic heterocycles. The third-order valence-corrected chi connectivity index (χ3v) is 5.37. The van der Waals surface area contributed by atoms with E-state index in [0.29, 0.717) is 17.1 Å². The average molecular weight is 432 g/mol. The second kappa shape index (κ2) is 8.87. The third kappa shape index (κ3) is 4.73. The number of carbonyl (C=O) groups is 1. The standard InChI is InChI=1S/C22H19Cl2NO4/c1-22(13-26)17(11-19(23)24)20(22)21(27)29-18(12-25)14-6-5-9-16(10-14)28-15-7-3-2-4-8-15/h2-11,17-18,20,26H,13H2,1H3/t17?,18?,20-,22+/m1/s1. The first kappa shape index (κ1) is 21.2. The van der Waals surface area contributed by atoms with Crippen LogP contribution >= 0.6 is 23.2 Å². The zero-order valence-corrected chi connectivity index (χ0v) is 17.1. The first-order valence-electron chi connectivity index (χ1n) is 8.95. The lowest BCUT2D eigenvalue weighted by molar-refractivity contribution is -0.149. The normalized spacial score (nSPS) is 23.4. The number of aliphatic hydroxyl groups is 1. The number of carbonyl (C=O) groups excluding carboxylic acids is 1. The van der Waals surface area contributed by atoms with Gasteiger partial charge in [-0.3, -0.25) is 4.79 Å². The highest BCUT2D eigenvalue weighted by atomic mass is 35.5. The fourth-order valence-electron chi connectivity index (χ4n) is 3.37. The monoisotopic (exact) mass is 431 g/mol. The van der Waals surface area contributed by atoms with Gasteiger partial charge in [0.05, 0.1) is 5.92 Å². The number of halogens is 2. The van der Waals surface area contributed by atoms with Gasteiger partial charge in [-0.2, -0.15) is 5.26 Å². The van der Waals surface area contributed by atoms with Crippen LogP contribution < -0.4 is 4.74 Å². The first-order chi connectivity index (χ1) is 13.9. The van der Waals surface area contributed by atoms with Crippen LogP contribution in [-0.2, 0) is 9.53 Å². The Hall–Kier alpha value is -2.52. The maximum Gasteiger partial charge on any atom is 0.311 e. The van der Waals surface area contributed by atoms with Gasteiger partial charge in [-0.05, 0) is 30.3 Å². The number of hydrogen-bond donors (Lipinski definition) is 1. The van der Waals surface area contributed by atoms with E-state index in [1.54, 1.807) is 31.2 Å². The van der Waals surface area contributed by atoms with Crippen LogP contribution in [0.25, 0.3) is 0 Å². The van der Waals surface area contributed by atoms with Crippen LogP contribution in [0.2, 0.25) is 0 Å². The highest BCUT2D eigenvalue weighted by molar-refractivity contribution is 6.55. The fourth-order valence-corrected chi connectivity index (χ4v) is 3.64. The molecular weight excluding hydrogens is 413 g/mol. The molecule has 0 amide bonds. The molecule has 4 atom stereocenters. The highest BCUT2D eigenvalue weighted by Gasteiger charge is 2.64. The van der Waals surface area contributed by atoms with Gasteiger partial charge in [0.15, 0.2) is 0 Å². The van der Waals surface area contributed by atoms with E-state index in [1.165, 1.54) is 6.08 Å². The molecule has 1 saturated carbocycles. The van der Waals surface area contributed by atoms with Crippen molar-refractivity contribution in [1.29, 1.82) is 5.26 Å². The molecule has 150 valence electrons. The molecule has 1 aliphatic rings. The second-order valence-corrected chi connectivity index (χ2v) is 8.07. The zero-order chi connectivity index (χ0) is 21.0. The number of ether oxygens (including phenoxy) is 2. The third-order valence-electron chi connectivity index (χ3n) is 5.11. The van der Waals surface area contributed by atoms with Crippen LogP contribution in [0.4, 0.5) is 0 Å².